The van der Waals surface area contributed by atoms with E-state index in [1.807, 2.05) is 0 Å². The molecule has 9 heteroatoms. The third-order valence-corrected chi connectivity index (χ3v) is 4.27. The lowest BCUT2D eigenvalue weighted by atomic mass is 10.1. The van der Waals surface area contributed by atoms with E-state index in [0.717, 1.165) is 12.8 Å². The molecule has 0 aliphatic heterocycles. The largest absolute Gasteiger partial charge is 0.393 e. The number of carbonyl (C=O) groups excluding carboxylic acids is 1. The minimum absolute atomic E-state index is 0.0100. The molecule has 0 unspecified atom stereocenters. The zero-order valence-electron chi connectivity index (χ0n) is 14.2. The zero-order chi connectivity index (χ0) is 19.0. The quantitative estimate of drug-likeness (QED) is 0.406. The van der Waals surface area contributed by atoms with Gasteiger partial charge in [-0.15, -0.1) is 0 Å². The first-order valence-electron chi connectivity index (χ1n) is 8.37. The SMILES string of the molecule is Nc1cc(-n2cnc(C(=O)NC3CC3)c2)cc(-c2ccccn2)c1[N+](=O)[O-]. The van der Waals surface area contributed by atoms with Crippen molar-refractivity contribution in [3.63, 3.8) is 0 Å². The molecule has 1 amide bonds. The maximum Gasteiger partial charge on any atom is 0.301 e. The average molecular weight is 364 g/mol. The van der Waals surface area contributed by atoms with Crippen LogP contribution in [0.1, 0.15) is 23.3 Å². The maximum absolute atomic E-state index is 12.1. The van der Waals surface area contributed by atoms with E-state index in [0.29, 0.717) is 16.9 Å². The monoisotopic (exact) mass is 364 g/mol. The summed E-state index contributed by atoms with van der Waals surface area (Å²) in [5, 5.41) is 14.4. The van der Waals surface area contributed by atoms with Crippen molar-refractivity contribution in [3.8, 4) is 16.9 Å². The number of anilines is 1. The Balaban J connectivity index is 1.75. The molecule has 0 radical (unpaired) electrons. The molecule has 1 aliphatic carbocycles. The van der Waals surface area contributed by atoms with Gasteiger partial charge in [0.2, 0.25) is 0 Å². The first-order chi connectivity index (χ1) is 13.0. The lowest BCUT2D eigenvalue weighted by Crippen LogP contribution is -2.25. The summed E-state index contributed by atoms with van der Waals surface area (Å²) in [6.07, 6.45) is 6.57. The van der Waals surface area contributed by atoms with E-state index in [4.69, 9.17) is 5.73 Å². The highest BCUT2D eigenvalue weighted by atomic mass is 16.6. The minimum atomic E-state index is -0.522. The fraction of sp³-hybridized carbons (Fsp3) is 0.167. The van der Waals surface area contributed by atoms with Gasteiger partial charge in [-0.05, 0) is 37.1 Å². The maximum atomic E-state index is 12.1. The van der Waals surface area contributed by atoms with Crippen LogP contribution in [0.4, 0.5) is 11.4 Å². The second kappa shape index (κ2) is 6.52. The van der Waals surface area contributed by atoms with E-state index >= 15 is 0 Å². The molecule has 27 heavy (non-hydrogen) atoms. The fourth-order valence-electron chi connectivity index (χ4n) is 2.78. The molecule has 1 aromatic carbocycles. The molecule has 2 aromatic heterocycles. The third-order valence-electron chi connectivity index (χ3n) is 4.27. The Bertz CT molecular complexity index is 1030. The summed E-state index contributed by atoms with van der Waals surface area (Å²) in [6.45, 7) is 0. The molecule has 0 atom stereocenters. The van der Waals surface area contributed by atoms with Crippen molar-refractivity contribution in [3.05, 3.63) is 64.9 Å². The van der Waals surface area contributed by atoms with Crippen LogP contribution in [-0.2, 0) is 0 Å². The Labute approximate surface area is 154 Å². The van der Waals surface area contributed by atoms with Gasteiger partial charge in [0.1, 0.15) is 17.7 Å². The molecular weight excluding hydrogens is 348 g/mol. The Morgan fingerprint density at radius 2 is 2.11 bits per heavy atom. The van der Waals surface area contributed by atoms with Crippen LogP contribution >= 0.6 is 0 Å². The Hall–Kier alpha value is -3.75. The van der Waals surface area contributed by atoms with Crippen LogP contribution < -0.4 is 11.1 Å². The topological polar surface area (TPSA) is 129 Å². The van der Waals surface area contributed by atoms with Gasteiger partial charge in [0.25, 0.3) is 5.91 Å². The molecule has 0 spiro atoms. The summed E-state index contributed by atoms with van der Waals surface area (Å²) in [5.41, 5.74) is 7.32. The second-order valence-electron chi connectivity index (χ2n) is 6.32. The molecule has 3 aromatic rings. The number of carbonyl (C=O) groups is 1. The first kappa shape index (κ1) is 16.7. The number of nitrogens with zero attached hydrogens (tertiary/aromatic N) is 4. The van der Waals surface area contributed by atoms with Crippen LogP contribution in [0, 0.1) is 10.1 Å². The third kappa shape index (κ3) is 3.34. The number of pyridine rings is 1. The van der Waals surface area contributed by atoms with E-state index in [1.165, 1.54) is 12.4 Å². The molecule has 4 rings (SSSR count). The smallest absolute Gasteiger partial charge is 0.301 e. The van der Waals surface area contributed by atoms with Gasteiger partial charge in [-0.25, -0.2) is 4.98 Å². The molecule has 1 fully saturated rings. The van der Waals surface area contributed by atoms with Crippen molar-refractivity contribution in [2.75, 3.05) is 5.73 Å². The lowest BCUT2D eigenvalue weighted by molar-refractivity contribution is -0.383. The van der Waals surface area contributed by atoms with Crippen LogP contribution in [0.25, 0.3) is 16.9 Å². The van der Waals surface area contributed by atoms with Gasteiger partial charge in [0, 0.05) is 24.1 Å². The number of nitro groups is 1. The van der Waals surface area contributed by atoms with Crippen LogP contribution in [0.15, 0.2) is 49.1 Å². The Morgan fingerprint density at radius 1 is 1.30 bits per heavy atom. The van der Waals surface area contributed by atoms with Gasteiger partial charge in [-0.3, -0.25) is 19.9 Å². The normalized spacial score (nSPS) is 13.3. The predicted molar refractivity (Wildman–Crippen MR) is 98.4 cm³/mol. The van der Waals surface area contributed by atoms with E-state index in [9.17, 15) is 14.9 Å². The number of aromatic nitrogens is 3. The van der Waals surface area contributed by atoms with Gasteiger partial charge in [0.15, 0.2) is 0 Å². The van der Waals surface area contributed by atoms with Gasteiger partial charge >= 0.3 is 5.69 Å². The van der Waals surface area contributed by atoms with E-state index in [1.54, 1.807) is 41.2 Å². The zero-order valence-corrected chi connectivity index (χ0v) is 14.2. The highest BCUT2D eigenvalue weighted by Gasteiger charge is 2.25. The first-order valence-corrected chi connectivity index (χ1v) is 8.37. The van der Waals surface area contributed by atoms with Gasteiger partial charge in [0.05, 0.1) is 16.2 Å². The molecule has 136 valence electrons. The van der Waals surface area contributed by atoms with Crippen LogP contribution in [0.2, 0.25) is 0 Å². The molecule has 1 saturated carbocycles. The number of amides is 1. The van der Waals surface area contributed by atoms with Crippen molar-refractivity contribution in [2.24, 2.45) is 0 Å². The standard InChI is InChI=1S/C18H16N6O3/c19-14-8-12(23-9-16(21-10-23)18(25)22-11-4-5-11)7-13(17(14)24(26)27)15-3-1-2-6-20-15/h1-3,6-11H,4-5,19H2,(H,22,25). The number of imidazole rings is 1. The summed E-state index contributed by atoms with van der Waals surface area (Å²) in [4.78, 5) is 31.4. The molecule has 9 nitrogen and oxygen atoms in total. The van der Waals surface area contributed by atoms with E-state index in [-0.39, 0.29) is 29.0 Å². The van der Waals surface area contributed by atoms with Crippen molar-refractivity contribution >= 4 is 17.3 Å². The van der Waals surface area contributed by atoms with Crippen molar-refractivity contribution in [1.29, 1.82) is 0 Å². The Morgan fingerprint density at radius 3 is 2.78 bits per heavy atom. The molecule has 2 heterocycles. The highest BCUT2D eigenvalue weighted by Crippen LogP contribution is 2.36. The molecule has 1 aliphatic rings. The minimum Gasteiger partial charge on any atom is -0.393 e. The number of nitrogen functional groups attached to an aromatic ring is 1. The summed E-state index contributed by atoms with van der Waals surface area (Å²) in [6, 6.07) is 8.47. The number of benzene rings is 1. The van der Waals surface area contributed by atoms with Crippen LogP contribution in [0.3, 0.4) is 0 Å². The van der Waals surface area contributed by atoms with Crippen molar-refractivity contribution in [2.45, 2.75) is 18.9 Å². The Kier molecular flexibility index (Phi) is 4.03. The molecule has 0 saturated heterocycles. The summed E-state index contributed by atoms with van der Waals surface area (Å²) >= 11 is 0. The average Bonchev–Trinajstić information content (AvgIpc) is 3.32. The number of nitrogens with two attached hydrogens (primary N) is 1. The number of hydrogen-bond acceptors (Lipinski definition) is 6. The number of hydrogen-bond donors (Lipinski definition) is 2. The highest BCUT2D eigenvalue weighted by molar-refractivity contribution is 5.92. The van der Waals surface area contributed by atoms with Crippen LogP contribution in [-0.4, -0.2) is 31.4 Å². The predicted octanol–water partition coefficient (Wildman–Crippen LogP) is 2.32. The van der Waals surface area contributed by atoms with Gasteiger partial charge in [-0.2, -0.15) is 0 Å². The fourth-order valence-corrected chi connectivity index (χ4v) is 2.78. The van der Waals surface area contributed by atoms with Crippen molar-refractivity contribution in [1.82, 2.24) is 19.9 Å². The second-order valence-corrected chi connectivity index (χ2v) is 6.32. The van der Waals surface area contributed by atoms with Gasteiger partial charge < -0.3 is 15.6 Å². The summed E-state index contributed by atoms with van der Waals surface area (Å²) < 4.78 is 1.61. The van der Waals surface area contributed by atoms with Crippen molar-refractivity contribution < 1.29 is 9.72 Å². The van der Waals surface area contributed by atoms with Gasteiger partial charge in [-0.1, -0.05) is 6.07 Å². The summed E-state index contributed by atoms with van der Waals surface area (Å²) in [7, 11) is 0. The molecular formula is C18H16N6O3. The van der Waals surface area contributed by atoms with Crippen LogP contribution in [0.5, 0.6) is 0 Å². The molecule has 3 N–H and O–H groups in total. The van der Waals surface area contributed by atoms with E-state index in [2.05, 4.69) is 15.3 Å². The number of nitro benzene ring substituents is 1. The molecule has 0 bridgehead atoms. The number of rotatable bonds is 5. The summed E-state index contributed by atoms with van der Waals surface area (Å²) in [5.74, 6) is -0.240. The van der Waals surface area contributed by atoms with E-state index < -0.39 is 4.92 Å². The number of nitrogens with one attached hydrogen (secondary N) is 1. The lowest BCUT2D eigenvalue weighted by Gasteiger charge is -2.09.